The fourth-order valence-electron chi connectivity index (χ4n) is 7.17. The Hall–Kier alpha value is -3.94. The number of aromatic nitrogens is 4. The average Bonchev–Trinajstić information content (AvgIpc) is 3.73. The van der Waals surface area contributed by atoms with E-state index in [1.165, 1.54) is 14.0 Å². The van der Waals surface area contributed by atoms with E-state index >= 15 is 0 Å². The maximum Gasteiger partial charge on any atom is 2.00 e. The van der Waals surface area contributed by atoms with Crippen LogP contribution in [0.2, 0.25) is 0 Å². The number of rotatable bonds is 6. The molecule has 0 aromatic carbocycles. The van der Waals surface area contributed by atoms with E-state index in [1.54, 1.807) is 6.07 Å². The number of aliphatic carboxylic acids is 1. The van der Waals surface area contributed by atoms with E-state index < -0.39 is 29.6 Å². The molecule has 236 valence electrons. The largest absolute Gasteiger partial charge is 2.00 e. The third kappa shape index (κ3) is 5.26. The van der Waals surface area contributed by atoms with E-state index in [4.69, 9.17) is 24.7 Å². The molecule has 2 aliphatic heterocycles. The van der Waals surface area contributed by atoms with E-state index in [9.17, 15) is 24.3 Å². The molecular weight excluding hydrogens is 667 g/mol. The van der Waals surface area contributed by atoms with Gasteiger partial charge in [0.25, 0.3) is 0 Å². The van der Waals surface area contributed by atoms with Gasteiger partial charge in [0.2, 0.25) is 0 Å². The molecule has 4 unspecified atom stereocenters. The summed E-state index contributed by atoms with van der Waals surface area (Å²) < 4.78 is 5.07. The number of fused-ring (bicyclic) bond motifs is 8. The molecule has 3 aromatic heterocycles. The molecule has 3 aliphatic rings. The summed E-state index contributed by atoms with van der Waals surface area (Å²) >= 11 is 0. The van der Waals surface area contributed by atoms with Crippen LogP contribution >= 0.6 is 0 Å². The number of carboxylic acid groups (broad SMARTS) is 1. The molecule has 10 nitrogen and oxygen atoms in total. The van der Waals surface area contributed by atoms with E-state index in [1.807, 2.05) is 32.0 Å². The van der Waals surface area contributed by atoms with Crippen molar-refractivity contribution in [2.75, 3.05) is 7.11 Å². The summed E-state index contributed by atoms with van der Waals surface area (Å²) in [5.74, 6) is -3.98. The normalized spacial score (nSPS) is 21.8. The predicted molar refractivity (Wildman–Crippen MR) is 162 cm³/mol. The molecule has 0 saturated carbocycles. The number of carbonyl (C=O) groups excluding carboxylic acids is 3. The third-order valence-electron chi connectivity index (χ3n) is 9.53. The second kappa shape index (κ2) is 12.1. The standard InChI is InChI=1S/C34H36N4O6.Pd/c1-7-19-14(2)22-13-26-28(17(5)39)16(4)24(37-26)12-23-15(3)20(8-9-27(40)41)31(38-23)29-30(34(43)44-6)33(42)21-10-18(35-32(21)29)11-25(19)36-22;/h10-15,19-20,30H,7-9H2,1-6H3,(H3,35,36,37,38,39,40,41,42);/q;+2/p-2/t14?,15?,19?,20-,30?;/m0./s1. The second-order valence-electron chi connectivity index (χ2n) is 12.1. The topological polar surface area (TPSA) is 152 Å². The van der Waals surface area contributed by atoms with Gasteiger partial charge in [0.05, 0.1) is 7.11 Å². The summed E-state index contributed by atoms with van der Waals surface area (Å²) in [7, 11) is 1.23. The van der Waals surface area contributed by atoms with Gasteiger partial charge in [-0.25, -0.2) is 0 Å². The summed E-state index contributed by atoms with van der Waals surface area (Å²) in [5.41, 5.74) is 6.66. The molecule has 0 fully saturated rings. The van der Waals surface area contributed by atoms with Crippen molar-refractivity contribution in [2.24, 2.45) is 0 Å². The minimum atomic E-state index is -1.25. The third-order valence-corrected chi connectivity index (χ3v) is 9.53. The van der Waals surface area contributed by atoms with Crippen LogP contribution in [0.4, 0.5) is 0 Å². The van der Waals surface area contributed by atoms with Gasteiger partial charge in [-0.2, -0.15) is 0 Å². The summed E-state index contributed by atoms with van der Waals surface area (Å²) in [6, 6.07) is 7.28. The van der Waals surface area contributed by atoms with E-state index in [2.05, 4.69) is 13.8 Å². The molecule has 8 bridgehead atoms. The number of aryl methyl sites for hydroxylation is 1. The van der Waals surface area contributed by atoms with Crippen molar-refractivity contribution < 1.29 is 49.4 Å². The first-order chi connectivity index (χ1) is 20.9. The summed E-state index contributed by atoms with van der Waals surface area (Å²) in [5, 5.41) is 9.56. The Labute approximate surface area is 274 Å². The van der Waals surface area contributed by atoms with Crippen molar-refractivity contribution in [3.8, 4) is 0 Å². The Balaban J connectivity index is 0.00000400. The average molecular weight is 701 g/mol. The maximum absolute atomic E-state index is 13.8. The molecule has 5 heterocycles. The van der Waals surface area contributed by atoms with Crippen LogP contribution in [-0.2, 0) is 34.7 Å². The first kappa shape index (κ1) is 32.5. The number of carbonyl (C=O) groups is 4. The molecule has 45 heavy (non-hydrogen) atoms. The Morgan fingerprint density at radius 3 is 2.27 bits per heavy atom. The van der Waals surface area contributed by atoms with E-state index in [0.29, 0.717) is 55.7 Å². The van der Waals surface area contributed by atoms with Crippen molar-refractivity contribution in [3.05, 3.63) is 69.3 Å². The molecule has 0 spiro atoms. The Bertz CT molecular complexity index is 1920. The van der Waals surface area contributed by atoms with Crippen molar-refractivity contribution in [1.82, 2.24) is 19.9 Å². The van der Waals surface area contributed by atoms with Gasteiger partial charge in [0, 0.05) is 64.0 Å². The van der Waals surface area contributed by atoms with Gasteiger partial charge in [-0.15, -0.1) is 22.1 Å². The first-order valence-corrected chi connectivity index (χ1v) is 15.0. The number of hydrogen-bond donors (Lipinski definition) is 1. The van der Waals surface area contributed by atoms with Crippen molar-refractivity contribution in [1.29, 1.82) is 0 Å². The van der Waals surface area contributed by atoms with Gasteiger partial charge >= 0.3 is 32.4 Å². The van der Waals surface area contributed by atoms with Crippen LogP contribution in [0.5, 0.6) is 0 Å². The molecule has 1 aliphatic carbocycles. The minimum absolute atomic E-state index is 0. The van der Waals surface area contributed by atoms with Gasteiger partial charge in [-0.05, 0) is 32.3 Å². The van der Waals surface area contributed by atoms with Crippen LogP contribution < -0.4 is 9.97 Å². The van der Waals surface area contributed by atoms with Gasteiger partial charge in [-0.1, -0.05) is 50.6 Å². The Morgan fingerprint density at radius 1 is 0.956 bits per heavy atom. The number of carboxylic acids is 1. The molecule has 0 saturated heterocycles. The molecule has 3 aromatic rings. The molecule has 5 atom stereocenters. The van der Waals surface area contributed by atoms with E-state index in [0.717, 1.165) is 17.8 Å². The first-order valence-electron chi connectivity index (χ1n) is 15.0. The number of hydrogen-bond acceptors (Lipinski definition) is 7. The molecule has 0 amide bonds. The number of nitrogens with zero attached hydrogens (tertiary/aromatic N) is 4. The predicted octanol–water partition coefficient (Wildman–Crippen LogP) is 5.58. The zero-order valence-corrected chi connectivity index (χ0v) is 27.5. The molecule has 0 radical (unpaired) electrons. The number of Topliss-reactive ketones (excluding diaryl/α,β-unsaturated/α-hetero) is 2. The summed E-state index contributed by atoms with van der Waals surface area (Å²) in [4.78, 5) is 71.1. The smallest absolute Gasteiger partial charge is 0.657 e. The number of ketones is 2. The van der Waals surface area contributed by atoms with Crippen LogP contribution in [0.25, 0.3) is 22.1 Å². The van der Waals surface area contributed by atoms with Crippen LogP contribution in [0, 0.1) is 6.92 Å². The SMILES string of the molecule is CCC1c2cc3cc4c([n-]3)c(c3nc(cc5[n-]c(cc(n2)C1C)c(C(C)=O)c5C)C(C)[C@@H]3CCC(=O)O)C(C(=O)OC)C4=O.[Pd+2]. The van der Waals surface area contributed by atoms with Crippen LogP contribution in [0.3, 0.4) is 0 Å². The second-order valence-corrected chi connectivity index (χ2v) is 12.1. The fraction of sp³-hybridized carbons (Fsp3) is 0.412. The molecule has 6 rings (SSSR count). The van der Waals surface area contributed by atoms with Gasteiger partial charge < -0.3 is 19.8 Å². The van der Waals surface area contributed by atoms with Crippen molar-refractivity contribution in [3.63, 3.8) is 0 Å². The number of esters is 1. The quantitative estimate of drug-likeness (QED) is 0.149. The summed E-state index contributed by atoms with van der Waals surface area (Å²) in [6.45, 7) is 9.52. The number of ether oxygens (including phenoxy) is 1. The zero-order valence-electron chi connectivity index (χ0n) is 25.9. The van der Waals surface area contributed by atoms with Gasteiger partial charge in [0.15, 0.2) is 11.6 Å². The van der Waals surface area contributed by atoms with Crippen LogP contribution in [0.1, 0.15) is 131 Å². The number of methoxy groups -OCH3 is 1. The minimum Gasteiger partial charge on any atom is -0.657 e. The van der Waals surface area contributed by atoms with Crippen molar-refractivity contribution >= 4 is 45.6 Å². The van der Waals surface area contributed by atoms with Crippen LogP contribution in [-0.4, -0.2) is 45.7 Å². The molecule has 1 N–H and O–H groups in total. The molecular formula is C34H34N4O6Pd. The van der Waals surface area contributed by atoms with Crippen LogP contribution in [0.15, 0.2) is 24.3 Å². The Kier molecular flexibility index (Phi) is 8.73. The molecule has 11 heteroatoms. The summed E-state index contributed by atoms with van der Waals surface area (Å²) in [6.07, 6.45) is 0.935. The maximum atomic E-state index is 13.8. The van der Waals surface area contributed by atoms with E-state index in [-0.39, 0.29) is 56.8 Å². The monoisotopic (exact) mass is 700 g/mol. The Morgan fingerprint density at radius 2 is 1.62 bits per heavy atom. The zero-order chi connectivity index (χ0) is 31.6. The van der Waals surface area contributed by atoms with Crippen molar-refractivity contribution in [2.45, 2.75) is 83.5 Å². The fourth-order valence-corrected chi connectivity index (χ4v) is 7.17. The van der Waals surface area contributed by atoms with Gasteiger partial charge in [0.1, 0.15) is 5.92 Å². The van der Waals surface area contributed by atoms with Gasteiger partial charge in [-0.3, -0.25) is 29.1 Å².